The lowest BCUT2D eigenvalue weighted by Gasteiger charge is -2.35. The molecular formula is C17H27NO. The molecule has 1 N–H and O–H groups in total. The van der Waals surface area contributed by atoms with Gasteiger partial charge in [0.1, 0.15) is 11.9 Å². The zero-order valence-corrected chi connectivity index (χ0v) is 12.5. The van der Waals surface area contributed by atoms with Gasteiger partial charge in [-0.3, -0.25) is 0 Å². The summed E-state index contributed by atoms with van der Waals surface area (Å²) in [7, 11) is 2.05. The van der Waals surface area contributed by atoms with Crippen molar-refractivity contribution in [3.05, 3.63) is 29.8 Å². The van der Waals surface area contributed by atoms with Crippen LogP contribution >= 0.6 is 0 Å². The van der Waals surface area contributed by atoms with Gasteiger partial charge in [0.2, 0.25) is 0 Å². The van der Waals surface area contributed by atoms with Crippen molar-refractivity contribution in [1.82, 2.24) is 5.32 Å². The van der Waals surface area contributed by atoms with E-state index < -0.39 is 0 Å². The van der Waals surface area contributed by atoms with Gasteiger partial charge in [0.05, 0.1) is 0 Å². The molecule has 0 saturated heterocycles. The van der Waals surface area contributed by atoms with Crippen molar-refractivity contribution in [2.75, 3.05) is 7.05 Å². The Morgan fingerprint density at radius 3 is 2.79 bits per heavy atom. The minimum absolute atomic E-state index is 0.316. The molecule has 0 bridgehead atoms. The molecule has 0 amide bonds. The van der Waals surface area contributed by atoms with Gasteiger partial charge >= 0.3 is 0 Å². The van der Waals surface area contributed by atoms with Gasteiger partial charge in [0, 0.05) is 6.04 Å². The number of nitrogens with one attached hydrogen (secondary N) is 1. The Hall–Kier alpha value is -1.02. The molecule has 0 spiro atoms. The smallest absolute Gasteiger partial charge is 0.120 e. The zero-order valence-electron chi connectivity index (χ0n) is 12.5. The molecule has 1 aromatic rings. The Kier molecular flexibility index (Phi) is 5.26. The normalized spacial score (nSPS) is 27.2. The summed E-state index contributed by atoms with van der Waals surface area (Å²) < 4.78 is 6.27. The lowest BCUT2D eigenvalue weighted by atomic mass is 9.82. The first-order chi connectivity index (χ1) is 9.26. The Bertz CT molecular complexity index is 391. The fraction of sp³-hybridized carbons (Fsp3) is 0.647. The molecule has 0 radical (unpaired) electrons. The van der Waals surface area contributed by atoms with Crippen LogP contribution in [-0.2, 0) is 6.42 Å². The average molecular weight is 261 g/mol. The fourth-order valence-electron chi connectivity index (χ4n) is 3.06. The molecule has 106 valence electrons. The topological polar surface area (TPSA) is 21.3 Å². The molecule has 3 unspecified atom stereocenters. The number of benzene rings is 1. The van der Waals surface area contributed by atoms with E-state index in [0.717, 1.165) is 18.1 Å². The standard InChI is InChI=1S/C17H27NO/c1-4-13-7-6-8-15(11-13)19-17-12-14(5-2)9-10-16(17)18-3/h6-8,11,14,16-18H,4-5,9-10,12H2,1-3H3. The molecule has 19 heavy (non-hydrogen) atoms. The first-order valence-corrected chi connectivity index (χ1v) is 7.69. The number of aryl methyl sites for hydroxylation is 1. The summed E-state index contributed by atoms with van der Waals surface area (Å²) in [5.41, 5.74) is 1.35. The van der Waals surface area contributed by atoms with E-state index in [1.54, 1.807) is 0 Å². The van der Waals surface area contributed by atoms with Gasteiger partial charge in [-0.25, -0.2) is 0 Å². The van der Waals surface area contributed by atoms with E-state index in [1.807, 2.05) is 0 Å². The second-order valence-corrected chi connectivity index (χ2v) is 5.64. The van der Waals surface area contributed by atoms with E-state index in [-0.39, 0.29) is 0 Å². The number of hydrogen-bond donors (Lipinski definition) is 1. The zero-order chi connectivity index (χ0) is 13.7. The highest BCUT2D eigenvalue weighted by molar-refractivity contribution is 5.28. The van der Waals surface area contributed by atoms with E-state index in [0.29, 0.717) is 12.1 Å². The van der Waals surface area contributed by atoms with Crippen molar-refractivity contribution in [3.8, 4) is 5.75 Å². The van der Waals surface area contributed by atoms with Crippen LogP contribution in [0.3, 0.4) is 0 Å². The second kappa shape index (κ2) is 6.95. The molecular weight excluding hydrogens is 234 g/mol. The highest BCUT2D eigenvalue weighted by Gasteiger charge is 2.30. The maximum atomic E-state index is 6.27. The van der Waals surface area contributed by atoms with Gasteiger partial charge in [-0.15, -0.1) is 0 Å². The molecule has 2 rings (SSSR count). The Balaban J connectivity index is 2.05. The van der Waals surface area contributed by atoms with Crippen LogP contribution in [0.2, 0.25) is 0 Å². The van der Waals surface area contributed by atoms with Crippen molar-refractivity contribution in [2.45, 2.75) is 58.1 Å². The monoisotopic (exact) mass is 261 g/mol. The summed E-state index contributed by atoms with van der Waals surface area (Å²) >= 11 is 0. The van der Waals surface area contributed by atoms with E-state index in [4.69, 9.17) is 4.74 Å². The highest BCUT2D eigenvalue weighted by atomic mass is 16.5. The van der Waals surface area contributed by atoms with Crippen LogP contribution in [-0.4, -0.2) is 19.2 Å². The molecule has 1 aromatic carbocycles. The quantitative estimate of drug-likeness (QED) is 0.870. The summed E-state index contributed by atoms with van der Waals surface area (Å²) in [6, 6.07) is 9.03. The predicted molar refractivity (Wildman–Crippen MR) is 80.7 cm³/mol. The largest absolute Gasteiger partial charge is 0.489 e. The first kappa shape index (κ1) is 14.4. The molecule has 1 fully saturated rings. The second-order valence-electron chi connectivity index (χ2n) is 5.64. The van der Waals surface area contributed by atoms with Gasteiger partial charge in [-0.05, 0) is 56.3 Å². The van der Waals surface area contributed by atoms with E-state index >= 15 is 0 Å². The third-order valence-electron chi connectivity index (χ3n) is 4.44. The van der Waals surface area contributed by atoms with Crippen LogP contribution in [0.15, 0.2) is 24.3 Å². The predicted octanol–water partition coefficient (Wildman–Crippen LogP) is 3.79. The van der Waals surface area contributed by atoms with Crippen molar-refractivity contribution in [3.63, 3.8) is 0 Å². The average Bonchev–Trinajstić information content (AvgIpc) is 2.47. The van der Waals surface area contributed by atoms with E-state index in [1.165, 1.54) is 31.2 Å². The van der Waals surface area contributed by atoms with E-state index in [9.17, 15) is 0 Å². The van der Waals surface area contributed by atoms with Crippen molar-refractivity contribution < 1.29 is 4.74 Å². The van der Waals surface area contributed by atoms with Crippen molar-refractivity contribution in [2.24, 2.45) is 5.92 Å². The molecule has 2 nitrogen and oxygen atoms in total. The molecule has 1 aliphatic carbocycles. The van der Waals surface area contributed by atoms with Crippen LogP contribution in [0, 0.1) is 5.92 Å². The summed E-state index contributed by atoms with van der Waals surface area (Å²) in [4.78, 5) is 0. The van der Waals surface area contributed by atoms with E-state index in [2.05, 4.69) is 50.5 Å². The SMILES string of the molecule is CCc1cccc(OC2CC(CC)CCC2NC)c1. The highest BCUT2D eigenvalue weighted by Crippen LogP contribution is 2.30. The van der Waals surface area contributed by atoms with Crippen LogP contribution in [0.25, 0.3) is 0 Å². The van der Waals surface area contributed by atoms with Gasteiger partial charge in [-0.1, -0.05) is 32.4 Å². The fourth-order valence-corrected chi connectivity index (χ4v) is 3.06. The van der Waals surface area contributed by atoms with Crippen molar-refractivity contribution >= 4 is 0 Å². The lowest BCUT2D eigenvalue weighted by molar-refractivity contribution is 0.0882. The van der Waals surface area contributed by atoms with Gasteiger partial charge < -0.3 is 10.1 Å². The lowest BCUT2D eigenvalue weighted by Crippen LogP contribution is -2.45. The number of ether oxygens (including phenoxy) is 1. The van der Waals surface area contributed by atoms with Gasteiger partial charge in [-0.2, -0.15) is 0 Å². The summed E-state index contributed by atoms with van der Waals surface area (Å²) in [5.74, 6) is 1.85. The summed E-state index contributed by atoms with van der Waals surface area (Å²) in [6.07, 6.45) is 6.39. The molecule has 1 saturated carbocycles. The Labute approximate surface area is 117 Å². The molecule has 0 aliphatic heterocycles. The molecule has 1 aliphatic rings. The Morgan fingerprint density at radius 1 is 1.26 bits per heavy atom. The van der Waals surface area contributed by atoms with Crippen LogP contribution in [0.1, 0.15) is 45.1 Å². The number of hydrogen-bond acceptors (Lipinski definition) is 2. The van der Waals surface area contributed by atoms with Gasteiger partial charge in [0.25, 0.3) is 0 Å². The molecule has 0 heterocycles. The number of rotatable bonds is 5. The first-order valence-electron chi connectivity index (χ1n) is 7.69. The van der Waals surface area contributed by atoms with Crippen LogP contribution in [0.4, 0.5) is 0 Å². The van der Waals surface area contributed by atoms with Crippen LogP contribution in [0.5, 0.6) is 5.75 Å². The Morgan fingerprint density at radius 2 is 2.11 bits per heavy atom. The number of likely N-dealkylation sites (N-methyl/N-ethyl adjacent to an activating group) is 1. The summed E-state index contributed by atoms with van der Waals surface area (Å²) in [6.45, 7) is 4.47. The third kappa shape index (κ3) is 3.73. The molecule has 2 heteroatoms. The van der Waals surface area contributed by atoms with Crippen molar-refractivity contribution in [1.29, 1.82) is 0 Å². The minimum atomic E-state index is 0.316. The van der Waals surface area contributed by atoms with Crippen LogP contribution < -0.4 is 10.1 Å². The van der Waals surface area contributed by atoms with Gasteiger partial charge in [0.15, 0.2) is 0 Å². The third-order valence-corrected chi connectivity index (χ3v) is 4.44. The molecule has 0 aromatic heterocycles. The molecule has 3 atom stereocenters. The minimum Gasteiger partial charge on any atom is -0.489 e. The maximum absolute atomic E-state index is 6.27. The summed E-state index contributed by atoms with van der Waals surface area (Å²) in [5, 5.41) is 3.42. The maximum Gasteiger partial charge on any atom is 0.120 e.